The molecule has 0 saturated heterocycles. The zero-order valence-electron chi connectivity index (χ0n) is 11.6. The van der Waals surface area contributed by atoms with E-state index in [1.807, 2.05) is 13.0 Å². The van der Waals surface area contributed by atoms with E-state index in [9.17, 15) is 0 Å². The summed E-state index contributed by atoms with van der Waals surface area (Å²) in [6.45, 7) is 9.34. The Balaban J connectivity index is 2.88. The van der Waals surface area contributed by atoms with E-state index >= 15 is 0 Å². The number of rotatable bonds is 6. The monoisotopic (exact) mass is 236 g/mol. The van der Waals surface area contributed by atoms with Crippen LogP contribution in [0.1, 0.15) is 39.3 Å². The van der Waals surface area contributed by atoms with Crippen molar-refractivity contribution >= 4 is 11.8 Å². The summed E-state index contributed by atoms with van der Waals surface area (Å²) in [4.78, 5) is 11.1. The van der Waals surface area contributed by atoms with Crippen LogP contribution in [0.4, 0.5) is 11.8 Å². The summed E-state index contributed by atoms with van der Waals surface area (Å²) in [5, 5.41) is 3.17. The van der Waals surface area contributed by atoms with Crippen LogP contribution in [-0.2, 0) is 0 Å². The van der Waals surface area contributed by atoms with E-state index in [0.717, 1.165) is 24.0 Å². The molecule has 0 aliphatic carbocycles. The Bertz CT molecular complexity index is 351. The van der Waals surface area contributed by atoms with Gasteiger partial charge < -0.3 is 10.2 Å². The van der Waals surface area contributed by atoms with Crippen molar-refractivity contribution < 1.29 is 0 Å². The third-order valence-electron chi connectivity index (χ3n) is 2.90. The van der Waals surface area contributed by atoms with Gasteiger partial charge in [0, 0.05) is 31.4 Å². The van der Waals surface area contributed by atoms with Crippen LogP contribution in [0.15, 0.2) is 6.07 Å². The van der Waals surface area contributed by atoms with Gasteiger partial charge in [0.05, 0.1) is 0 Å². The molecule has 1 unspecified atom stereocenters. The second kappa shape index (κ2) is 6.42. The molecule has 96 valence electrons. The Kier molecular flexibility index (Phi) is 5.19. The van der Waals surface area contributed by atoms with E-state index in [-0.39, 0.29) is 0 Å². The molecule has 0 fully saturated rings. The van der Waals surface area contributed by atoms with Crippen molar-refractivity contribution in [3.63, 3.8) is 0 Å². The highest BCUT2D eigenvalue weighted by Crippen LogP contribution is 2.17. The Labute approximate surface area is 104 Å². The molecule has 0 aliphatic rings. The van der Waals surface area contributed by atoms with E-state index < -0.39 is 0 Å². The van der Waals surface area contributed by atoms with Gasteiger partial charge in [-0.3, -0.25) is 0 Å². The molecule has 0 aromatic carbocycles. The highest BCUT2D eigenvalue weighted by molar-refractivity contribution is 5.44. The largest absolute Gasteiger partial charge is 0.357 e. The predicted octanol–water partition coefficient (Wildman–Crippen LogP) is 2.84. The number of nitrogens with zero attached hydrogens (tertiary/aromatic N) is 3. The molecule has 0 amide bonds. The second-order valence-electron chi connectivity index (χ2n) is 4.47. The van der Waals surface area contributed by atoms with E-state index in [1.54, 1.807) is 0 Å². The van der Waals surface area contributed by atoms with Crippen molar-refractivity contribution in [1.29, 1.82) is 0 Å². The van der Waals surface area contributed by atoms with Crippen molar-refractivity contribution in [2.24, 2.45) is 0 Å². The topological polar surface area (TPSA) is 41.1 Å². The van der Waals surface area contributed by atoms with Gasteiger partial charge >= 0.3 is 0 Å². The summed E-state index contributed by atoms with van der Waals surface area (Å²) in [6.07, 6.45) is 2.37. The van der Waals surface area contributed by atoms with Crippen LogP contribution in [0.3, 0.4) is 0 Å². The SMILES string of the molecule is CCCC(C)N(C)c1cc(C)nc(NCC)n1. The molecule has 0 bridgehead atoms. The van der Waals surface area contributed by atoms with Crippen LogP contribution in [0.25, 0.3) is 0 Å². The maximum atomic E-state index is 4.53. The molecule has 4 nitrogen and oxygen atoms in total. The minimum atomic E-state index is 0.503. The summed E-state index contributed by atoms with van der Waals surface area (Å²) in [7, 11) is 2.10. The lowest BCUT2D eigenvalue weighted by atomic mass is 10.2. The zero-order chi connectivity index (χ0) is 12.8. The molecule has 0 aliphatic heterocycles. The highest BCUT2D eigenvalue weighted by atomic mass is 15.2. The van der Waals surface area contributed by atoms with Crippen molar-refractivity contribution in [3.8, 4) is 0 Å². The molecule has 1 heterocycles. The molecule has 4 heteroatoms. The first-order valence-corrected chi connectivity index (χ1v) is 6.40. The molecule has 1 N–H and O–H groups in total. The summed E-state index contributed by atoms with van der Waals surface area (Å²) in [5.41, 5.74) is 1.00. The smallest absolute Gasteiger partial charge is 0.224 e. The summed E-state index contributed by atoms with van der Waals surface area (Å²) >= 11 is 0. The lowest BCUT2D eigenvalue weighted by molar-refractivity contribution is 0.610. The second-order valence-corrected chi connectivity index (χ2v) is 4.47. The van der Waals surface area contributed by atoms with Crippen molar-refractivity contribution in [1.82, 2.24) is 9.97 Å². The van der Waals surface area contributed by atoms with Gasteiger partial charge in [-0.2, -0.15) is 4.98 Å². The van der Waals surface area contributed by atoms with Gasteiger partial charge in [0.15, 0.2) is 0 Å². The molecular weight excluding hydrogens is 212 g/mol. The number of aryl methyl sites for hydroxylation is 1. The van der Waals surface area contributed by atoms with Gasteiger partial charge in [0.25, 0.3) is 0 Å². The Morgan fingerprint density at radius 1 is 1.35 bits per heavy atom. The Morgan fingerprint density at radius 3 is 2.65 bits per heavy atom. The van der Waals surface area contributed by atoms with Crippen molar-refractivity contribution in [2.45, 2.75) is 46.6 Å². The van der Waals surface area contributed by atoms with Crippen LogP contribution in [0.2, 0.25) is 0 Å². The molecule has 0 radical (unpaired) electrons. The molecule has 17 heavy (non-hydrogen) atoms. The molecule has 1 atom stereocenters. The van der Waals surface area contributed by atoms with Gasteiger partial charge in [-0.15, -0.1) is 0 Å². The van der Waals surface area contributed by atoms with Gasteiger partial charge in [-0.05, 0) is 27.2 Å². The fourth-order valence-corrected chi connectivity index (χ4v) is 1.81. The summed E-state index contributed by atoms with van der Waals surface area (Å²) in [5.74, 6) is 1.72. The average molecular weight is 236 g/mol. The van der Waals surface area contributed by atoms with Crippen LogP contribution < -0.4 is 10.2 Å². The third-order valence-corrected chi connectivity index (χ3v) is 2.90. The predicted molar refractivity (Wildman–Crippen MR) is 73.7 cm³/mol. The van der Waals surface area contributed by atoms with Crippen LogP contribution in [0.5, 0.6) is 0 Å². The van der Waals surface area contributed by atoms with E-state index in [1.165, 1.54) is 12.8 Å². The fraction of sp³-hybridized carbons (Fsp3) is 0.692. The van der Waals surface area contributed by atoms with Crippen molar-refractivity contribution in [3.05, 3.63) is 11.8 Å². The fourth-order valence-electron chi connectivity index (χ4n) is 1.81. The maximum Gasteiger partial charge on any atom is 0.224 e. The van der Waals surface area contributed by atoms with Crippen LogP contribution in [-0.4, -0.2) is 29.6 Å². The van der Waals surface area contributed by atoms with Crippen molar-refractivity contribution in [2.75, 3.05) is 23.8 Å². The summed E-state index contributed by atoms with van der Waals surface area (Å²) in [6, 6.07) is 2.54. The minimum Gasteiger partial charge on any atom is -0.357 e. The molecule has 1 aromatic rings. The molecular formula is C13H24N4. The third kappa shape index (κ3) is 3.88. The minimum absolute atomic E-state index is 0.503. The number of anilines is 2. The van der Waals surface area contributed by atoms with Crippen LogP contribution in [0, 0.1) is 6.92 Å². The van der Waals surface area contributed by atoms with Gasteiger partial charge in [-0.1, -0.05) is 13.3 Å². The Hall–Kier alpha value is -1.32. The number of hydrogen-bond acceptors (Lipinski definition) is 4. The lowest BCUT2D eigenvalue weighted by Gasteiger charge is -2.26. The van der Waals surface area contributed by atoms with Gasteiger partial charge in [0.2, 0.25) is 5.95 Å². The van der Waals surface area contributed by atoms with E-state index in [0.29, 0.717) is 6.04 Å². The number of nitrogens with one attached hydrogen (secondary N) is 1. The Morgan fingerprint density at radius 2 is 2.06 bits per heavy atom. The highest BCUT2D eigenvalue weighted by Gasteiger charge is 2.12. The molecule has 0 saturated carbocycles. The molecule has 1 rings (SSSR count). The lowest BCUT2D eigenvalue weighted by Crippen LogP contribution is -2.29. The number of aromatic nitrogens is 2. The standard InChI is InChI=1S/C13H24N4/c1-6-8-11(4)17(5)12-9-10(3)15-13(16-12)14-7-2/h9,11H,6-8H2,1-5H3,(H,14,15,16). The summed E-state index contributed by atoms with van der Waals surface area (Å²) < 4.78 is 0. The first-order valence-electron chi connectivity index (χ1n) is 6.40. The maximum absolute atomic E-state index is 4.53. The first kappa shape index (κ1) is 13.7. The zero-order valence-corrected chi connectivity index (χ0v) is 11.6. The number of hydrogen-bond donors (Lipinski definition) is 1. The molecule has 1 aromatic heterocycles. The van der Waals surface area contributed by atoms with Crippen LogP contribution >= 0.6 is 0 Å². The quantitative estimate of drug-likeness (QED) is 0.824. The van der Waals surface area contributed by atoms with E-state index in [4.69, 9.17) is 0 Å². The van der Waals surface area contributed by atoms with Gasteiger partial charge in [-0.25, -0.2) is 4.98 Å². The molecule has 0 spiro atoms. The van der Waals surface area contributed by atoms with Gasteiger partial charge in [0.1, 0.15) is 5.82 Å². The van der Waals surface area contributed by atoms with E-state index in [2.05, 4.69) is 48.0 Å². The normalized spacial score (nSPS) is 12.3. The first-order chi connectivity index (χ1) is 8.08. The average Bonchev–Trinajstić information content (AvgIpc) is 2.28.